The van der Waals surface area contributed by atoms with E-state index in [4.69, 9.17) is 5.11 Å². The Morgan fingerprint density at radius 3 is 2.87 bits per heavy atom. The van der Waals surface area contributed by atoms with Gasteiger partial charge in [-0.05, 0) is 30.9 Å². The van der Waals surface area contributed by atoms with Gasteiger partial charge < -0.3 is 5.11 Å². The van der Waals surface area contributed by atoms with Gasteiger partial charge >= 0.3 is 5.97 Å². The van der Waals surface area contributed by atoms with Gasteiger partial charge in [-0.1, -0.05) is 11.6 Å². The second-order valence-corrected chi connectivity index (χ2v) is 4.97. The molecule has 1 aliphatic carbocycles. The van der Waals surface area contributed by atoms with E-state index in [9.17, 15) is 9.00 Å². The highest BCUT2D eigenvalue weighted by molar-refractivity contribution is 7.92. The van der Waals surface area contributed by atoms with E-state index >= 15 is 0 Å². The predicted molar refractivity (Wildman–Crippen MR) is 58.5 cm³/mol. The number of aliphatic carboxylic acids is 1. The zero-order valence-corrected chi connectivity index (χ0v) is 9.05. The fourth-order valence-corrected chi connectivity index (χ4v) is 3.11. The normalized spacial score (nSPS) is 24.8. The SMILES string of the molecule is O=C(O)CC1=C(C2=CC=CS2=O)CCC1. The summed E-state index contributed by atoms with van der Waals surface area (Å²) in [4.78, 5) is 11.5. The summed E-state index contributed by atoms with van der Waals surface area (Å²) in [5.74, 6) is -0.804. The summed E-state index contributed by atoms with van der Waals surface area (Å²) in [6, 6.07) is 0. The minimum Gasteiger partial charge on any atom is -0.481 e. The number of hydrogen-bond donors (Lipinski definition) is 1. The summed E-state index contributed by atoms with van der Waals surface area (Å²) in [6.45, 7) is 0. The van der Waals surface area contributed by atoms with Crippen LogP contribution in [0, 0.1) is 0 Å². The van der Waals surface area contributed by atoms with Crippen LogP contribution in [0.25, 0.3) is 0 Å². The summed E-state index contributed by atoms with van der Waals surface area (Å²) < 4.78 is 11.6. The van der Waals surface area contributed by atoms with Crippen molar-refractivity contribution in [2.24, 2.45) is 0 Å². The third-order valence-corrected chi connectivity index (χ3v) is 3.88. The molecule has 1 atom stereocenters. The van der Waals surface area contributed by atoms with Gasteiger partial charge in [0.25, 0.3) is 0 Å². The van der Waals surface area contributed by atoms with Gasteiger partial charge in [0, 0.05) is 10.3 Å². The molecule has 15 heavy (non-hydrogen) atoms. The number of carbonyl (C=O) groups is 1. The van der Waals surface area contributed by atoms with Crippen molar-refractivity contribution < 1.29 is 14.1 Å². The second-order valence-electron chi connectivity index (χ2n) is 3.66. The van der Waals surface area contributed by atoms with E-state index in [2.05, 4.69) is 0 Å². The Labute approximate surface area is 90.6 Å². The molecule has 0 aromatic carbocycles. The molecule has 0 saturated carbocycles. The monoisotopic (exact) mass is 224 g/mol. The van der Waals surface area contributed by atoms with Gasteiger partial charge in [0.2, 0.25) is 0 Å². The Bertz CT molecular complexity index is 416. The fraction of sp³-hybridized carbons (Fsp3) is 0.364. The Morgan fingerprint density at radius 1 is 1.47 bits per heavy atom. The second kappa shape index (κ2) is 4.14. The van der Waals surface area contributed by atoms with Crippen LogP contribution in [0.5, 0.6) is 0 Å². The molecular formula is C11H12O3S. The van der Waals surface area contributed by atoms with Gasteiger partial charge in [0.1, 0.15) is 0 Å². The summed E-state index contributed by atoms with van der Waals surface area (Å²) >= 11 is 0. The van der Waals surface area contributed by atoms with Crippen molar-refractivity contribution in [3.05, 3.63) is 33.6 Å². The van der Waals surface area contributed by atoms with Crippen molar-refractivity contribution in [1.29, 1.82) is 0 Å². The van der Waals surface area contributed by atoms with Crippen LogP contribution in [0.1, 0.15) is 25.7 Å². The molecular weight excluding hydrogens is 212 g/mol. The molecule has 2 rings (SSSR count). The molecule has 80 valence electrons. The quantitative estimate of drug-likeness (QED) is 0.798. The van der Waals surface area contributed by atoms with E-state index < -0.39 is 16.8 Å². The molecule has 0 spiro atoms. The average molecular weight is 224 g/mol. The zero-order chi connectivity index (χ0) is 10.8. The summed E-state index contributed by atoms with van der Waals surface area (Å²) in [5, 5.41) is 10.4. The molecule has 0 bridgehead atoms. The van der Waals surface area contributed by atoms with Crippen LogP contribution in [-0.4, -0.2) is 15.3 Å². The lowest BCUT2D eigenvalue weighted by molar-refractivity contribution is -0.136. The minimum atomic E-state index is -1.06. The maximum Gasteiger partial charge on any atom is 0.307 e. The van der Waals surface area contributed by atoms with Crippen LogP contribution in [-0.2, 0) is 15.6 Å². The molecule has 4 heteroatoms. The number of carboxylic acid groups (broad SMARTS) is 1. The minimum absolute atomic E-state index is 0.0872. The highest BCUT2D eigenvalue weighted by Gasteiger charge is 2.23. The predicted octanol–water partition coefficient (Wildman–Crippen LogP) is 2.10. The molecule has 0 aromatic rings. The lowest BCUT2D eigenvalue weighted by Crippen LogP contribution is -1.99. The zero-order valence-electron chi connectivity index (χ0n) is 8.23. The van der Waals surface area contributed by atoms with Crippen LogP contribution < -0.4 is 0 Å². The van der Waals surface area contributed by atoms with Crippen molar-refractivity contribution >= 4 is 16.8 Å². The summed E-state index contributed by atoms with van der Waals surface area (Å²) in [5.41, 5.74) is 1.96. The maximum absolute atomic E-state index is 11.6. The van der Waals surface area contributed by atoms with Gasteiger partial charge in [-0.2, -0.15) is 0 Å². The fourth-order valence-electron chi connectivity index (χ4n) is 2.04. The van der Waals surface area contributed by atoms with E-state index in [1.165, 1.54) is 0 Å². The number of carboxylic acids is 1. The third-order valence-electron chi connectivity index (χ3n) is 2.66. The Morgan fingerprint density at radius 2 is 2.27 bits per heavy atom. The molecule has 0 aromatic heterocycles. The van der Waals surface area contributed by atoms with E-state index in [1.807, 2.05) is 6.08 Å². The van der Waals surface area contributed by atoms with Crippen molar-refractivity contribution in [2.75, 3.05) is 0 Å². The standard InChI is InChI=1S/C11H12O3S/c12-11(13)7-8-3-1-4-9(8)10-5-2-6-15(10)14/h2,5-6H,1,3-4,7H2,(H,12,13). The van der Waals surface area contributed by atoms with Crippen LogP contribution in [0.2, 0.25) is 0 Å². The Kier molecular flexibility index (Phi) is 2.86. The molecule has 2 aliphatic rings. The van der Waals surface area contributed by atoms with Crippen LogP contribution >= 0.6 is 0 Å². The van der Waals surface area contributed by atoms with Crippen molar-refractivity contribution in [2.45, 2.75) is 25.7 Å². The molecule has 3 nitrogen and oxygen atoms in total. The largest absolute Gasteiger partial charge is 0.481 e. The molecule has 0 radical (unpaired) electrons. The Hall–Kier alpha value is -1.16. The van der Waals surface area contributed by atoms with Crippen LogP contribution in [0.15, 0.2) is 33.6 Å². The third kappa shape index (κ3) is 2.09. The van der Waals surface area contributed by atoms with E-state index in [0.29, 0.717) is 0 Å². The van der Waals surface area contributed by atoms with Gasteiger partial charge in [0.05, 0.1) is 17.2 Å². The highest BCUT2D eigenvalue weighted by Crippen LogP contribution is 2.36. The topological polar surface area (TPSA) is 54.4 Å². The number of rotatable bonds is 3. The van der Waals surface area contributed by atoms with E-state index in [1.54, 1.807) is 11.5 Å². The van der Waals surface area contributed by atoms with E-state index in [-0.39, 0.29) is 6.42 Å². The van der Waals surface area contributed by atoms with Crippen molar-refractivity contribution in [1.82, 2.24) is 0 Å². The molecule has 1 heterocycles. The summed E-state index contributed by atoms with van der Waals surface area (Å²) in [6.07, 6.45) is 6.36. The molecule has 0 amide bonds. The smallest absolute Gasteiger partial charge is 0.307 e. The lowest BCUT2D eigenvalue weighted by atomic mass is 10.1. The van der Waals surface area contributed by atoms with Crippen LogP contribution in [0.3, 0.4) is 0 Å². The first kappa shape index (κ1) is 10.4. The lowest BCUT2D eigenvalue weighted by Gasteiger charge is -2.05. The first-order valence-corrected chi connectivity index (χ1v) is 6.12. The molecule has 1 N–H and O–H groups in total. The molecule has 0 fully saturated rings. The first-order valence-electron chi connectivity index (χ1n) is 4.90. The highest BCUT2D eigenvalue weighted by atomic mass is 32.2. The van der Waals surface area contributed by atoms with Gasteiger partial charge in [-0.3, -0.25) is 4.79 Å². The Balaban J connectivity index is 2.26. The van der Waals surface area contributed by atoms with Gasteiger partial charge in [-0.25, -0.2) is 4.21 Å². The molecule has 1 aliphatic heterocycles. The molecule has 0 saturated heterocycles. The maximum atomic E-state index is 11.6. The number of hydrogen-bond acceptors (Lipinski definition) is 2. The number of allylic oxidation sites excluding steroid dienone is 3. The molecule has 1 unspecified atom stereocenters. The van der Waals surface area contributed by atoms with Crippen molar-refractivity contribution in [3.8, 4) is 0 Å². The van der Waals surface area contributed by atoms with Crippen LogP contribution in [0.4, 0.5) is 0 Å². The van der Waals surface area contributed by atoms with E-state index in [0.717, 1.165) is 35.3 Å². The summed E-state index contributed by atoms with van der Waals surface area (Å²) in [7, 11) is -1.06. The van der Waals surface area contributed by atoms with Gasteiger partial charge in [0.15, 0.2) is 0 Å². The average Bonchev–Trinajstić information content (AvgIpc) is 2.73. The first-order chi connectivity index (χ1) is 7.18. The van der Waals surface area contributed by atoms with Crippen molar-refractivity contribution in [3.63, 3.8) is 0 Å². The van der Waals surface area contributed by atoms with Gasteiger partial charge in [-0.15, -0.1) is 0 Å².